The van der Waals surface area contributed by atoms with Crippen molar-refractivity contribution in [2.75, 3.05) is 11.5 Å². The number of para-hydroxylation sites is 1. The van der Waals surface area contributed by atoms with Gasteiger partial charge in [-0.1, -0.05) is 78.9 Å². The van der Waals surface area contributed by atoms with Crippen LogP contribution in [-0.2, 0) is 0 Å². The summed E-state index contributed by atoms with van der Waals surface area (Å²) in [7, 11) is 0. The lowest BCUT2D eigenvalue weighted by atomic mass is 10.0. The molecule has 4 N–H and O–H groups in total. The summed E-state index contributed by atoms with van der Waals surface area (Å²) in [4.78, 5) is 12.8. The van der Waals surface area contributed by atoms with E-state index in [2.05, 4.69) is 0 Å². The first-order valence-electron chi connectivity index (χ1n) is 9.25. The molecule has 0 aliphatic rings. The molecule has 0 saturated carbocycles. The van der Waals surface area contributed by atoms with Gasteiger partial charge in [-0.2, -0.15) is 0 Å². The average molecular weight is 380 g/mol. The zero-order valence-electron chi connectivity index (χ0n) is 15.7. The van der Waals surface area contributed by atoms with Crippen LogP contribution in [0.15, 0.2) is 97.1 Å². The Balaban J connectivity index is 1.68. The minimum Gasteiger partial charge on any atom is -0.454 e. The average Bonchev–Trinajstić information content (AvgIpc) is 2.78. The molecule has 4 aromatic carbocycles. The van der Waals surface area contributed by atoms with E-state index in [1.54, 1.807) is 24.3 Å². The topological polar surface area (TPSA) is 78.3 Å². The van der Waals surface area contributed by atoms with Gasteiger partial charge in [0, 0.05) is 16.7 Å². The predicted molar refractivity (Wildman–Crippen MR) is 117 cm³/mol. The minimum atomic E-state index is -0.175. The number of anilines is 2. The first-order valence-corrected chi connectivity index (χ1v) is 9.25. The third-order valence-corrected chi connectivity index (χ3v) is 4.72. The fraction of sp³-hybridized carbons (Fsp3) is 0. The van der Waals surface area contributed by atoms with Crippen LogP contribution < -0.4 is 16.2 Å². The van der Waals surface area contributed by atoms with E-state index in [9.17, 15) is 4.79 Å². The van der Waals surface area contributed by atoms with Gasteiger partial charge in [0.05, 0.1) is 11.4 Å². The van der Waals surface area contributed by atoms with E-state index in [1.807, 2.05) is 72.8 Å². The highest BCUT2D eigenvalue weighted by Gasteiger charge is 2.17. The van der Waals surface area contributed by atoms with Crippen LogP contribution >= 0.6 is 0 Å². The van der Waals surface area contributed by atoms with Crippen molar-refractivity contribution in [3.05, 3.63) is 108 Å². The Hall–Kier alpha value is -4.05. The van der Waals surface area contributed by atoms with Gasteiger partial charge in [-0.05, 0) is 23.8 Å². The summed E-state index contributed by atoms with van der Waals surface area (Å²) in [5, 5.41) is 0. The van der Waals surface area contributed by atoms with E-state index in [-0.39, 0.29) is 17.2 Å². The van der Waals surface area contributed by atoms with E-state index >= 15 is 0 Å². The largest absolute Gasteiger partial charge is 0.454 e. The lowest BCUT2D eigenvalue weighted by Gasteiger charge is -2.15. The fourth-order valence-corrected chi connectivity index (χ4v) is 3.18. The number of hydrogen-bond acceptors (Lipinski definition) is 4. The molecule has 0 radical (unpaired) electrons. The Morgan fingerprint density at radius 1 is 0.621 bits per heavy atom. The summed E-state index contributed by atoms with van der Waals surface area (Å²) < 4.78 is 6.10. The summed E-state index contributed by atoms with van der Waals surface area (Å²) in [6, 6.07) is 30.0. The van der Waals surface area contributed by atoms with E-state index in [0.29, 0.717) is 22.6 Å². The van der Waals surface area contributed by atoms with Crippen LogP contribution in [0.25, 0.3) is 11.1 Å². The van der Waals surface area contributed by atoms with Gasteiger partial charge in [0.2, 0.25) is 0 Å². The second-order valence-corrected chi connectivity index (χ2v) is 6.60. The minimum absolute atomic E-state index is 0.175. The van der Waals surface area contributed by atoms with Crippen LogP contribution in [0.5, 0.6) is 11.5 Å². The number of nitrogens with two attached hydrogens (primary N) is 2. The number of carbonyl (C=O) groups is 1. The van der Waals surface area contributed by atoms with Crippen molar-refractivity contribution in [1.82, 2.24) is 0 Å². The molecule has 0 aromatic heterocycles. The van der Waals surface area contributed by atoms with Crippen molar-refractivity contribution < 1.29 is 9.53 Å². The molecular weight excluding hydrogens is 360 g/mol. The van der Waals surface area contributed by atoms with Gasteiger partial charge in [0.15, 0.2) is 11.5 Å². The lowest BCUT2D eigenvalue weighted by molar-refractivity contribution is 0.103. The number of carbonyl (C=O) groups excluding carboxylic acids is 1. The zero-order valence-corrected chi connectivity index (χ0v) is 15.7. The molecule has 0 unspecified atom stereocenters. The molecule has 0 spiro atoms. The van der Waals surface area contributed by atoms with E-state index in [4.69, 9.17) is 16.2 Å². The van der Waals surface area contributed by atoms with Gasteiger partial charge in [-0.15, -0.1) is 0 Å². The summed E-state index contributed by atoms with van der Waals surface area (Å²) in [5.41, 5.74) is 15.8. The van der Waals surface area contributed by atoms with Gasteiger partial charge in [0.1, 0.15) is 5.75 Å². The van der Waals surface area contributed by atoms with Crippen LogP contribution in [0.4, 0.5) is 11.4 Å². The van der Waals surface area contributed by atoms with Crippen molar-refractivity contribution in [3.8, 4) is 22.6 Å². The number of ketones is 1. The maximum atomic E-state index is 12.8. The number of hydrogen-bond donors (Lipinski definition) is 2. The fourth-order valence-electron chi connectivity index (χ4n) is 3.18. The Morgan fingerprint density at radius 3 is 1.97 bits per heavy atom. The molecular formula is C25H20N2O2. The second-order valence-electron chi connectivity index (χ2n) is 6.60. The van der Waals surface area contributed by atoms with E-state index in [1.165, 1.54) is 0 Å². The normalized spacial score (nSPS) is 10.5. The number of ether oxygens (including phenoxy) is 1. The molecule has 0 aliphatic heterocycles. The third kappa shape index (κ3) is 3.69. The molecule has 0 fully saturated rings. The summed E-state index contributed by atoms with van der Waals surface area (Å²) >= 11 is 0. The van der Waals surface area contributed by atoms with Gasteiger partial charge in [-0.3, -0.25) is 4.79 Å². The molecule has 0 atom stereocenters. The smallest absolute Gasteiger partial charge is 0.195 e. The number of nitrogen functional groups attached to an aromatic ring is 2. The van der Waals surface area contributed by atoms with Crippen LogP contribution in [0.3, 0.4) is 0 Å². The number of benzene rings is 4. The molecule has 4 rings (SSSR count). The lowest BCUT2D eigenvalue weighted by Crippen LogP contribution is -2.08. The molecule has 4 heteroatoms. The molecule has 142 valence electrons. The zero-order chi connectivity index (χ0) is 20.2. The SMILES string of the molecule is Nc1c(Oc2ccccc2-c2ccccc2)ccc(C(=O)c2ccccc2)c1N. The van der Waals surface area contributed by atoms with Crippen LogP contribution in [0.1, 0.15) is 15.9 Å². The molecule has 29 heavy (non-hydrogen) atoms. The Bertz CT molecular complexity index is 1160. The molecule has 0 heterocycles. The van der Waals surface area contributed by atoms with Gasteiger partial charge in [-0.25, -0.2) is 0 Å². The van der Waals surface area contributed by atoms with Crippen molar-refractivity contribution in [2.24, 2.45) is 0 Å². The monoisotopic (exact) mass is 380 g/mol. The molecule has 0 amide bonds. The second kappa shape index (κ2) is 7.90. The highest BCUT2D eigenvalue weighted by atomic mass is 16.5. The highest BCUT2D eigenvalue weighted by molar-refractivity contribution is 6.13. The summed E-state index contributed by atoms with van der Waals surface area (Å²) in [5.74, 6) is 0.897. The van der Waals surface area contributed by atoms with E-state index < -0.39 is 0 Å². The predicted octanol–water partition coefficient (Wildman–Crippen LogP) is 5.54. The van der Waals surface area contributed by atoms with Gasteiger partial charge < -0.3 is 16.2 Å². The highest BCUT2D eigenvalue weighted by Crippen LogP contribution is 2.38. The molecule has 4 aromatic rings. The Labute approximate surface area is 169 Å². The molecule has 0 bridgehead atoms. The Morgan fingerprint density at radius 2 is 1.24 bits per heavy atom. The van der Waals surface area contributed by atoms with Gasteiger partial charge in [0.25, 0.3) is 0 Å². The van der Waals surface area contributed by atoms with Crippen LogP contribution in [-0.4, -0.2) is 5.78 Å². The molecule has 0 aliphatic carbocycles. The summed E-state index contributed by atoms with van der Waals surface area (Å²) in [6.07, 6.45) is 0. The molecule has 0 saturated heterocycles. The Kier molecular flexibility index (Phi) is 4.99. The van der Waals surface area contributed by atoms with Gasteiger partial charge >= 0.3 is 0 Å². The van der Waals surface area contributed by atoms with Crippen LogP contribution in [0, 0.1) is 0 Å². The number of rotatable bonds is 5. The first-order chi connectivity index (χ1) is 14.1. The first kappa shape index (κ1) is 18.3. The quantitative estimate of drug-likeness (QED) is 0.352. The summed E-state index contributed by atoms with van der Waals surface area (Å²) in [6.45, 7) is 0. The maximum absolute atomic E-state index is 12.8. The standard InChI is InChI=1S/C25H20N2O2/c26-23-20(25(28)18-11-5-2-6-12-18)15-16-22(24(23)27)29-21-14-8-7-13-19(21)17-9-3-1-4-10-17/h1-16H,26-27H2. The maximum Gasteiger partial charge on any atom is 0.195 e. The van der Waals surface area contributed by atoms with Crippen molar-refractivity contribution >= 4 is 17.2 Å². The third-order valence-electron chi connectivity index (χ3n) is 4.72. The van der Waals surface area contributed by atoms with Crippen molar-refractivity contribution in [1.29, 1.82) is 0 Å². The van der Waals surface area contributed by atoms with Crippen molar-refractivity contribution in [3.63, 3.8) is 0 Å². The van der Waals surface area contributed by atoms with Crippen molar-refractivity contribution in [2.45, 2.75) is 0 Å². The molecule has 4 nitrogen and oxygen atoms in total. The van der Waals surface area contributed by atoms with Crippen LogP contribution in [0.2, 0.25) is 0 Å². The van der Waals surface area contributed by atoms with E-state index in [0.717, 1.165) is 11.1 Å².